The lowest BCUT2D eigenvalue weighted by atomic mass is 10.4. The molecule has 0 aliphatic rings. The van der Waals surface area contributed by atoms with Crippen LogP contribution in [0.1, 0.15) is 31.0 Å². The van der Waals surface area contributed by atoms with Crippen LogP contribution in [0, 0.1) is 0 Å². The van der Waals surface area contributed by atoms with Gasteiger partial charge in [0, 0.05) is 18.2 Å². The van der Waals surface area contributed by atoms with Gasteiger partial charge in [-0.1, -0.05) is 36.9 Å². The quantitative estimate of drug-likeness (QED) is 0.505. The van der Waals surface area contributed by atoms with Crippen LogP contribution in [0.15, 0.2) is 16.0 Å². The van der Waals surface area contributed by atoms with E-state index in [1.165, 1.54) is 29.2 Å². The Bertz CT molecular complexity index is 731. The van der Waals surface area contributed by atoms with Crippen LogP contribution in [0.4, 0.5) is 5.13 Å². The maximum atomic E-state index is 12.0. The van der Waals surface area contributed by atoms with E-state index in [1.807, 2.05) is 0 Å². The number of aromatic nitrogens is 4. The second-order valence-electron chi connectivity index (χ2n) is 4.77. The molecule has 2 aromatic heterocycles. The third-order valence-electron chi connectivity index (χ3n) is 2.74. The van der Waals surface area contributed by atoms with E-state index in [0.717, 1.165) is 29.3 Å². The Hall–Kier alpha value is -1.39. The lowest BCUT2D eigenvalue weighted by molar-refractivity contribution is -0.113. The van der Waals surface area contributed by atoms with Gasteiger partial charge in [-0.3, -0.25) is 14.9 Å². The summed E-state index contributed by atoms with van der Waals surface area (Å²) < 4.78 is 0. The minimum atomic E-state index is -0.201. The van der Waals surface area contributed by atoms with Crippen LogP contribution >= 0.6 is 34.9 Å². The molecule has 0 aliphatic carbocycles. The smallest absolute Gasteiger partial charge is 0.251 e. The highest BCUT2D eigenvalue weighted by molar-refractivity contribution is 7.99. The molecular formula is C14H19N5O2S3. The van der Waals surface area contributed by atoms with Crippen molar-refractivity contribution in [2.75, 3.05) is 16.8 Å². The van der Waals surface area contributed by atoms with Gasteiger partial charge in [-0.25, -0.2) is 4.98 Å². The van der Waals surface area contributed by atoms with E-state index in [0.29, 0.717) is 16.0 Å². The Kier molecular flexibility index (Phi) is 7.73. The van der Waals surface area contributed by atoms with Crippen molar-refractivity contribution in [2.45, 2.75) is 37.6 Å². The lowest BCUT2D eigenvalue weighted by Gasteiger charge is -2.03. The first-order valence-corrected chi connectivity index (χ1v) is 10.5. The Morgan fingerprint density at radius 2 is 2.21 bits per heavy atom. The maximum absolute atomic E-state index is 12.0. The van der Waals surface area contributed by atoms with E-state index in [4.69, 9.17) is 0 Å². The molecule has 24 heavy (non-hydrogen) atoms. The second kappa shape index (κ2) is 9.80. The fourth-order valence-electron chi connectivity index (χ4n) is 1.74. The van der Waals surface area contributed by atoms with E-state index < -0.39 is 0 Å². The molecule has 10 heteroatoms. The summed E-state index contributed by atoms with van der Waals surface area (Å²) in [5, 5.41) is 12.5. The van der Waals surface area contributed by atoms with Gasteiger partial charge in [0.15, 0.2) is 5.16 Å². The van der Waals surface area contributed by atoms with E-state index in [1.54, 1.807) is 11.8 Å². The molecule has 0 saturated carbocycles. The van der Waals surface area contributed by atoms with Crippen LogP contribution in [0.25, 0.3) is 0 Å². The summed E-state index contributed by atoms with van der Waals surface area (Å²) in [6.45, 7) is 4.12. The number of rotatable bonds is 9. The van der Waals surface area contributed by atoms with Crippen molar-refractivity contribution >= 4 is 45.9 Å². The summed E-state index contributed by atoms with van der Waals surface area (Å²) >= 11 is 4.27. The van der Waals surface area contributed by atoms with Gasteiger partial charge in [-0.05, 0) is 12.2 Å². The number of carbonyl (C=O) groups is 1. The molecule has 2 rings (SSSR count). The van der Waals surface area contributed by atoms with Crippen molar-refractivity contribution in [3.8, 4) is 0 Å². The number of carbonyl (C=O) groups excluding carboxylic acids is 1. The first kappa shape index (κ1) is 18.9. The average molecular weight is 386 g/mol. The van der Waals surface area contributed by atoms with Crippen LogP contribution in [0.3, 0.4) is 0 Å². The van der Waals surface area contributed by atoms with Crippen LogP contribution in [-0.4, -0.2) is 37.6 Å². The molecule has 0 unspecified atom stereocenters. The topological polar surface area (TPSA) is 101 Å². The van der Waals surface area contributed by atoms with Gasteiger partial charge in [0.05, 0.1) is 11.4 Å². The monoisotopic (exact) mass is 385 g/mol. The summed E-state index contributed by atoms with van der Waals surface area (Å²) in [5.74, 6) is 1.60. The number of aromatic amines is 1. The van der Waals surface area contributed by atoms with Gasteiger partial charge in [0.2, 0.25) is 11.0 Å². The standard InChI is InChI=1S/C14H19N5O2S3/c1-3-5-12-18-19-14(24-12)17-11(21)8-23-13-15-9(7-22-4-2)6-10(20)16-13/h6H,3-5,7-8H2,1-2H3,(H,15,16,20)(H,17,19,21). The Morgan fingerprint density at radius 1 is 1.38 bits per heavy atom. The molecular weight excluding hydrogens is 366 g/mol. The maximum Gasteiger partial charge on any atom is 0.251 e. The molecule has 130 valence electrons. The summed E-state index contributed by atoms with van der Waals surface area (Å²) in [7, 11) is 0. The van der Waals surface area contributed by atoms with E-state index >= 15 is 0 Å². The molecule has 0 fully saturated rings. The fourth-order valence-corrected chi connectivity index (χ4v) is 3.85. The zero-order valence-electron chi connectivity index (χ0n) is 13.5. The molecule has 2 aromatic rings. The molecule has 0 aliphatic heterocycles. The molecule has 0 spiro atoms. The first-order chi connectivity index (χ1) is 11.6. The summed E-state index contributed by atoms with van der Waals surface area (Å²) in [4.78, 5) is 30.6. The number of amides is 1. The third-order valence-corrected chi connectivity index (χ3v) is 5.42. The lowest BCUT2D eigenvalue weighted by Crippen LogP contribution is -2.15. The number of thioether (sulfide) groups is 2. The van der Waals surface area contributed by atoms with Crippen molar-refractivity contribution in [3.05, 3.63) is 27.1 Å². The van der Waals surface area contributed by atoms with E-state index in [9.17, 15) is 9.59 Å². The van der Waals surface area contributed by atoms with Crippen molar-refractivity contribution in [2.24, 2.45) is 0 Å². The van der Waals surface area contributed by atoms with Gasteiger partial charge in [-0.15, -0.1) is 10.2 Å². The highest BCUT2D eigenvalue weighted by atomic mass is 32.2. The zero-order valence-corrected chi connectivity index (χ0v) is 15.9. The number of hydrogen-bond acceptors (Lipinski definition) is 8. The molecule has 2 heterocycles. The normalized spacial score (nSPS) is 10.8. The highest BCUT2D eigenvalue weighted by Gasteiger charge is 2.10. The molecule has 2 N–H and O–H groups in total. The Morgan fingerprint density at radius 3 is 2.96 bits per heavy atom. The number of aryl methyl sites for hydroxylation is 1. The summed E-state index contributed by atoms with van der Waals surface area (Å²) in [6.07, 6.45) is 1.85. The summed E-state index contributed by atoms with van der Waals surface area (Å²) in [5.41, 5.74) is 0.523. The van der Waals surface area contributed by atoms with Crippen molar-refractivity contribution in [1.82, 2.24) is 20.2 Å². The number of anilines is 1. The molecule has 7 nitrogen and oxygen atoms in total. The Labute approximate surface area is 152 Å². The van der Waals surface area contributed by atoms with E-state index in [-0.39, 0.29) is 17.2 Å². The SMILES string of the molecule is CCCc1nnc(NC(=O)CSc2nc(CSCC)cc(=O)[nH]2)s1. The number of nitrogens with zero attached hydrogens (tertiary/aromatic N) is 3. The van der Waals surface area contributed by atoms with Crippen molar-refractivity contribution in [1.29, 1.82) is 0 Å². The van der Waals surface area contributed by atoms with Crippen molar-refractivity contribution in [3.63, 3.8) is 0 Å². The molecule has 0 atom stereocenters. The molecule has 0 aromatic carbocycles. The predicted octanol–water partition coefficient (Wildman–Crippen LogP) is 2.56. The minimum absolute atomic E-state index is 0.149. The first-order valence-electron chi connectivity index (χ1n) is 7.53. The van der Waals surface area contributed by atoms with Crippen LogP contribution < -0.4 is 10.9 Å². The second-order valence-corrected chi connectivity index (χ2v) is 8.07. The van der Waals surface area contributed by atoms with Crippen LogP contribution in [0.5, 0.6) is 0 Å². The van der Waals surface area contributed by atoms with Gasteiger partial charge >= 0.3 is 0 Å². The minimum Gasteiger partial charge on any atom is -0.301 e. The van der Waals surface area contributed by atoms with Gasteiger partial charge in [0.25, 0.3) is 5.56 Å². The van der Waals surface area contributed by atoms with E-state index in [2.05, 4.69) is 39.3 Å². The molecule has 0 saturated heterocycles. The van der Waals surface area contributed by atoms with Gasteiger partial charge in [0.1, 0.15) is 5.01 Å². The fraction of sp³-hybridized carbons (Fsp3) is 0.500. The van der Waals surface area contributed by atoms with Gasteiger partial charge in [-0.2, -0.15) is 11.8 Å². The van der Waals surface area contributed by atoms with Crippen LogP contribution in [0.2, 0.25) is 0 Å². The number of hydrogen-bond donors (Lipinski definition) is 2. The molecule has 0 radical (unpaired) electrons. The summed E-state index contributed by atoms with van der Waals surface area (Å²) in [6, 6.07) is 1.49. The molecule has 0 bridgehead atoms. The number of nitrogens with one attached hydrogen (secondary N) is 2. The van der Waals surface area contributed by atoms with Crippen molar-refractivity contribution < 1.29 is 4.79 Å². The Balaban J connectivity index is 1.88. The largest absolute Gasteiger partial charge is 0.301 e. The van der Waals surface area contributed by atoms with Crippen LogP contribution in [-0.2, 0) is 17.0 Å². The van der Waals surface area contributed by atoms with Gasteiger partial charge < -0.3 is 4.98 Å². The molecule has 1 amide bonds. The zero-order chi connectivity index (χ0) is 17.4. The number of H-pyrrole nitrogens is 1. The average Bonchev–Trinajstić information content (AvgIpc) is 2.98. The predicted molar refractivity (Wildman–Crippen MR) is 100.0 cm³/mol. The third kappa shape index (κ3) is 6.25. The highest BCUT2D eigenvalue weighted by Crippen LogP contribution is 2.18.